The van der Waals surface area contributed by atoms with Crippen LogP contribution in [0.15, 0.2) is 24.3 Å². The molecule has 0 spiro atoms. The van der Waals surface area contributed by atoms with Crippen LogP contribution >= 0.6 is 0 Å². The highest BCUT2D eigenvalue weighted by atomic mass is 16.1. The van der Waals surface area contributed by atoms with E-state index in [9.17, 15) is 4.79 Å². The van der Waals surface area contributed by atoms with E-state index in [1.807, 2.05) is 42.8 Å². The SMILES string of the molecule is Cc1ccc(-n2nc(C)c(C(=O)NCC(C)C)c2C)cc1. The van der Waals surface area contributed by atoms with Gasteiger partial charge in [0.2, 0.25) is 0 Å². The summed E-state index contributed by atoms with van der Waals surface area (Å²) in [7, 11) is 0. The van der Waals surface area contributed by atoms with Crippen molar-refractivity contribution < 1.29 is 4.79 Å². The van der Waals surface area contributed by atoms with E-state index in [-0.39, 0.29) is 5.91 Å². The fourth-order valence-corrected chi connectivity index (χ4v) is 2.29. The number of hydrogen-bond acceptors (Lipinski definition) is 2. The van der Waals surface area contributed by atoms with Crippen molar-refractivity contribution in [2.75, 3.05) is 6.54 Å². The molecule has 1 aromatic heterocycles. The van der Waals surface area contributed by atoms with Gasteiger partial charge in [-0.15, -0.1) is 0 Å². The molecule has 0 aliphatic carbocycles. The number of rotatable bonds is 4. The molecular formula is C17H23N3O. The highest BCUT2D eigenvalue weighted by molar-refractivity contribution is 5.96. The van der Waals surface area contributed by atoms with Gasteiger partial charge < -0.3 is 5.32 Å². The van der Waals surface area contributed by atoms with Crippen LogP contribution < -0.4 is 5.32 Å². The van der Waals surface area contributed by atoms with Crippen LogP contribution in [0.25, 0.3) is 5.69 Å². The second kappa shape index (κ2) is 6.12. The zero-order valence-corrected chi connectivity index (χ0v) is 13.4. The minimum absolute atomic E-state index is 0.0444. The molecule has 0 unspecified atom stereocenters. The maximum absolute atomic E-state index is 12.3. The molecule has 4 heteroatoms. The van der Waals surface area contributed by atoms with Crippen molar-refractivity contribution >= 4 is 5.91 Å². The highest BCUT2D eigenvalue weighted by Gasteiger charge is 2.19. The molecule has 0 aliphatic heterocycles. The number of hydrogen-bond donors (Lipinski definition) is 1. The average molecular weight is 285 g/mol. The number of benzene rings is 1. The average Bonchev–Trinajstić information content (AvgIpc) is 2.72. The maximum Gasteiger partial charge on any atom is 0.255 e. The number of nitrogens with zero attached hydrogens (tertiary/aromatic N) is 2. The second-order valence-corrected chi connectivity index (χ2v) is 5.90. The smallest absolute Gasteiger partial charge is 0.255 e. The van der Waals surface area contributed by atoms with E-state index >= 15 is 0 Å². The molecule has 0 saturated carbocycles. The molecule has 2 rings (SSSR count). The lowest BCUT2D eigenvalue weighted by Gasteiger charge is -2.08. The normalized spacial score (nSPS) is 11.0. The minimum Gasteiger partial charge on any atom is -0.352 e. The van der Waals surface area contributed by atoms with Gasteiger partial charge in [-0.05, 0) is 38.8 Å². The first-order valence-electron chi connectivity index (χ1n) is 7.31. The van der Waals surface area contributed by atoms with Gasteiger partial charge in [-0.25, -0.2) is 4.68 Å². The van der Waals surface area contributed by atoms with Crippen molar-refractivity contribution in [3.63, 3.8) is 0 Å². The van der Waals surface area contributed by atoms with Gasteiger partial charge in [0, 0.05) is 6.54 Å². The van der Waals surface area contributed by atoms with Gasteiger partial charge >= 0.3 is 0 Å². The van der Waals surface area contributed by atoms with Gasteiger partial charge in [-0.2, -0.15) is 5.10 Å². The monoisotopic (exact) mass is 285 g/mol. The van der Waals surface area contributed by atoms with Gasteiger partial charge in [-0.3, -0.25) is 4.79 Å². The zero-order valence-electron chi connectivity index (χ0n) is 13.4. The van der Waals surface area contributed by atoms with Crippen LogP contribution in [-0.2, 0) is 0 Å². The fourth-order valence-electron chi connectivity index (χ4n) is 2.29. The first-order valence-corrected chi connectivity index (χ1v) is 7.31. The largest absolute Gasteiger partial charge is 0.352 e. The summed E-state index contributed by atoms with van der Waals surface area (Å²) < 4.78 is 1.83. The molecule has 1 aromatic carbocycles. The van der Waals surface area contributed by atoms with E-state index in [0.29, 0.717) is 18.0 Å². The van der Waals surface area contributed by atoms with Gasteiger partial charge in [0.25, 0.3) is 5.91 Å². The van der Waals surface area contributed by atoms with Crippen LogP contribution in [0.2, 0.25) is 0 Å². The number of aromatic nitrogens is 2. The topological polar surface area (TPSA) is 46.9 Å². The Hall–Kier alpha value is -2.10. The van der Waals surface area contributed by atoms with E-state index < -0.39 is 0 Å². The van der Waals surface area contributed by atoms with E-state index in [0.717, 1.165) is 17.1 Å². The van der Waals surface area contributed by atoms with Gasteiger partial charge in [0.15, 0.2) is 0 Å². The van der Waals surface area contributed by atoms with E-state index in [1.165, 1.54) is 5.56 Å². The van der Waals surface area contributed by atoms with Crippen LogP contribution in [0.1, 0.15) is 41.2 Å². The standard InChI is InChI=1S/C17H23N3O/c1-11(2)10-18-17(21)16-13(4)19-20(14(16)5)15-8-6-12(3)7-9-15/h6-9,11H,10H2,1-5H3,(H,18,21). The van der Waals surface area contributed by atoms with E-state index in [1.54, 1.807) is 0 Å². The fraction of sp³-hybridized carbons (Fsp3) is 0.412. The summed E-state index contributed by atoms with van der Waals surface area (Å²) in [6.07, 6.45) is 0. The van der Waals surface area contributed by atoms with Gasteiger partial charge in [0.1, 0.15) is 0 Å². The molecule has 21 heavy (non-hydrogen) atoms. The molecule has 0 bridgehead atoms. The number of carbonyl (C=O) groups is 1. The van der Waals surface area contributed by atoms with Crippen molar-refractivity contribution in [3.8, 4) is 5.69 Å². The summed E-state index contributed by atoms with van der Waals surface area (Å²) in [4.78, 5) is 12.3. The predicted molar refractivity (Wildman–Crippen MR) is 84.9 cm³/mol. The number of amides is 1. The number of nitrogens with one attached hydrogen (secondary N) is 1. The lowest BCUT2D eigenvalue weighted by Crippen LogP contribution is -2.28. The third-order valence-corrected chi connectivity index (χ3v) is 3.47. The van der Waals surface area contributed by atoms with E-state index in [2.05, 4.69) is 31.2 Å². The Morgan fingerprint density at radius 2 is 1.81 bits per heavy atom. The molecule has 0 radical (unpaired) electrons. The van der Waals surface area contributed by atoms with Crippen LogP contribution in [-0.4, -0.2) is 22.2 Å². The molecule has 1 amide bonds. The molecule has 1 heterocycles. The highest BCUT2D eigenvalue weighted by Crippen LogP contribution is 2.18. The first-order chi connectivity index (χ1) is 9.90. The predicted octanol–water partition coefficient (Wildman–Crippen LogP) is 3.18. The molecule has 0 atom stereocenters. The van der Waals surface area contributed by atoms with Crippen LogP contribution in [0.4, 0.5) is 0 Å². The van der Waals surface area contributed by atoms with Crippen molar-refractivity contribution in [1.29, 1.82) is 0 Å². The summed E-state index contributed by atoms with van der Waals surface area (Å²) >= 11 is 0. The van der Waals surface area contributed by atoms with Crippen LogP contribution in [0.5, 0.6) is 0 Å². The summed E-state index contributed by atoms with van der Waals surface area (Å²) in [6.45, 7) is 10.7. The van der Waals surface area contributed by atoms with Crippen LogP contribution in [0, 0.1) is 26.7 Å². The molecule has 4 nitrogen and oxygen atoms in total. The molecule has 0 fully saturated rings. The lowest BCUT2D eigenvalue weighted by atomic mass is 10.1. The third kappa shape index (κ3) is 3.32. The Morgan fingerprint density at radius 1 is 1.19 bits per heavy atom. The molecule has 2 aromatic rings. The molecule has 112 valence electrons. The summed E-state index contributed by atoms with van der Waals surface area (Å²) in [5.41, 5.74) is 4.49. The Bertz CT molecular complexity index is 639. The molecule has 0 saturated heterocycles. The Balaban J connectivity index is 2.33. The first kappa shape index (κ1) is 15.3. The summed E-state index contributed by atoms with van der Waals surface area (Å²) in [5.74, 6) is 0.388. The molecule has 0 aliphatic rings. The third-order valence-electron chi connectivity index (χ3n) is 3.47. The Kier molecular flexibility index (Phi) is 4.46. The Labute approximate surface area is 126 Å². The van der Waals surface area contributed by atoms with Crippen molar-refractivity contribution in [1.82, 2.24) is 15.1 Å². The molecule has 1 N–H and O–H groups in total. The van der Waals surface area contributed by atoms with Crippen LogP contribution in [0.3, 0.4) is 0 Å². The maximum atomic E-state index is 12.3. The zero-order chi connectivity index (χ0) is 15.6. The minimum atomic E-state index is -0.0444. The van der Waals surface area contributed by atoms with Crippen molar-refractivity contribution in [2.45, 2.75) is 34.6 Å². The Morgan fingerprint density at radius 3 is 2.38 bits per heavy atom. The van der Waals surface area contributed by atoms with Crippen molar-refractivity contribution in [2.24, 2.45) is 5.92 Å². The summed E-state index contributed by atoms with van der Waals surface area (Å²) in [6, 6.07) is 8.13. The summed E-state index contributed by atoms with van der Waals surface area (Å²) in [5, 5.41) is 7.48. The van der Waals surface area contributed by atoms with Gasteiger partial charge in [-0.1, -0.05) is 31.5 Å². The molecular weight excluding hydrogens is 262 g/mol. The number of aryl methyl sites for hydroxylation is 2. The number of carbonyl (C=O) groups excluding carboxylic acids is 1. The van der Waals surface area contributed by atoms with Crippen molar-refractivity contribution in [3.05, 3.63) is 46.8 Å². The van der Waals surface area contributed by atoms with Gasteiger partial charge in [0.05, 0.1) is 22.6 Å². The quantitative estimate of drug-likeness (QED) is 0.938. The van der Waals surface area contributed by atoms with E-state index in [4.69, 9.17) is 0 Å². The lowest BCUT2D eigenvalue weighted by molar-refractivity contribution is 0.0948. The second-order valence-electron chi connectivity index (χ2n) is 5.90.